The van der Waals surface area contributed by atoms with Crippen molar-refractivity contribution in [1.29, 1.82) is 0 Å². The topological polar surface area (TPSA) is 41.1 Å². The van der Waals surface area contributed by atoms with Gasteiger partial charge in [0.25, 0.3) is 0 Å². The number of pyridine rings is 1. The molecule has 3 rings (SSSR count). The number of alkyl halides is 3. The lowest BCUT2D eigenvalue weighted by Gasteiger charge is -2.37. The van der Waals surface area contributed by atoms with Crippen LogP contribution < -0.4 is 5.32 Å². The maximum absolute atomic E-state index is 12.6. The lowest BCUT2D eigenvalue weighted by atomic mass is 9.93. The predicted molar refractivity (Wildman–Crippen MR) is 91.0 cm³/mol. The third-order valence-corrected chi connectivity index (χ3v) is 5.36. The molecule has 1 aliphatic heterocycles. The highest BCUT2D eigenvalue weighted by Gasteiger charge is 2.33. The number of rotatable bonds is 5. The standard InChI is InChI=1S/C17H21F3N4S/c1-12-10-24(11-13-4-2-3-6-21-13)7-5-15(12)22-9-14-8-16(25-23-14)17(18,19)20/h2-4,6,8,12,15,22H,5,7,9-11H2,1H3. The summed E-state index contributed by atoms with van der Waals surface area (Å²) in [7, 11) is 0. The highest BCUT2D eigenvalue weighted by Crippen LogP contribution is 2.32. The molecule has 1 aliphatic rings. The van der Waals surface area contributed by atoms with Crippen LogP contribution in [0, 0.1) is 5.92 Å². The van der Waals surface area contributed by atoms with E-state index in [9.17, 15) is 13.2 Å². The first-order valence-corrected chi connectivity index (χ1v) is 9.07. The average molecular weight is 370 g/mol. The molecule has 3 heterocycles. The van der Waals surface area contributed by atoms with Crippen molar-refractivity contribution >= 4 is 11.5 Å². The Morgan fingerprint density at radius 2 is 2.16 bits per heavy atom. The molecule has 2 unspecified atom stereocenters. The van der Waals surface area contributed by atoms with Crippen molar-refractivity contribution < 1.29 is 13.2 Å². The first-order chi connectivity index (χ1) is 11.9. The number of nitrogens with zero attached hydrogens (tertiary/aromatic N) is 3. The third kappa shape index (κ3) is 4.99. The van der Waals surface area contributed by atoms with Crippen LogP contribution in [-0.2, 0) is 19.3 Å². The summed E-state index contributed by atoms with van der Waals surface area (Å²) >= 11 is 0.515. The second-order valence-corrected chi connectivity index (χ2v) is 7.29. The number of piperidine rings is 1. The maximum atomic E-state index is 12.6. The molecular weight excluding hydrogens is 349 g/mol. The van der Waals surface area contributed by atoms with Gasteiger partial charge in [0.2, 0.25) is 0 Å². The van der Waals surface area contributed by atoms with E-state index in [-0.39, 0.29) is 6.04 Å². The van der Waals surface area contributed by atoms with Crippen LogP contribution in [0.2, 0.25) is 0 Å². The summed E-state index contributed by atoms with van der Waals surface area (Å²) < 4.78 is 41.8. The lowest BCUT2D eigenvalue weighted by Crippen LogP contribution is -2.47. The van der Waals surface area contributed by atoms with Gasteiger partial charge < -0.3 is 5.32 Å². The van der Waals surface area contributed by atoms with Crippen LogP contribution in [-0.4, -0.2) is 33.4 Å². The number of hydrogen-bond donors (Lipinski definition) is 1. The van der Waals surface area contributed by atoms with Crippen molar-refractivity contribution in [2.45, 2.75) is 38.7 Å². The van der Waals surface area contributed by atoms with Crippen molar-refractivity contribution in [3.05, 3.63) is 46.7 Å². The summed E-state index contributed by atoms with van der Waals surface area (Å²) in [5, 5.41) is 3.37. The molecule has 1 N–H and O–H groups in total. The normalized spacial score (nSPS) is 22.2. The number of nitrogens with one attached hydrogen (secondary N) is 1. The van der Waals surface area contributed by atoms with E-state index in [2.05, 4.69) is 26.5 Å². The van der Waals surface area contributed by atoms with Gasteiger partial charge in [-0.15, -0.1) is 0 Å². The Kier molecular flexibility index (Phi) is 5.71. The van der Waals surface area contributed by atoms with Crippen molar-refractivity contribution in [1.82, 2.24) is 19.6 Å². The molecule has 1 saturated heterocycles. The largest absolute Gasteiger partial charge is 0.427 e. The van der Waals surface area contributed by atoms with Gasteiger partial charge in [-0.05, 0) is 42.1 Å². The van der Waals surface area contributed by atoms with Crippen molar-refractivity contribution in [2.75, 3.05) is 13.1 Å². The van der Waals surface area contributed by atoms with Gasteiger partial charge in [0.05, 0.1) is 11.4 Å². The van der Waals surface area contributed by atoms with E-state index in [0.29, 0.717) is 29.7 Å². The Labute approximate surface area is 149 Å². The van der Waals surface area contributed by atoms with Crippen LogP contribution in [0.5, 0.6) is 0 Å². The molecule has 8 heteroatoms. The fourth-order valence-corrected chi connectivity index (χ4v) is 3.79. The number of hydrogen-bond acceptors (Lipinski definition) is 5. The molecule has 0 spiro atoms. The molecule has 1 fully saturated rings. The third-order valence-electron chi connectivity index (χ3n) is 4.48. The summed E-state index contributed by atoms with van der Waals surface area (Å²) in [6, 6.07) is 7.35. The minimum atomic E-state index is -4.31. The fraction of sp³-hybridized carbons (Fsp3) is 0.529. The Morgan fingerprint density at radius 1 is 1.32 bits per heavy atom. The number of halogens is 3. The molecule has 0 radical (unpaired) electrons. The number of aromatic nitrogens is 2. The molecule has 2 aromatic heterocycles. The van der Waals surface area contributed by atoms with Gasteiger partial charge in [0, 0.05) is 38.4 Å². The molecule has 0 aliphatic carbocycles. The molecule has 136 valence electrons. The van der Waals surface area contributed by atoms with Gasteiger partial charge in [-0.2, -0.15) is 17.5 Å². The summed E-state index contributed by atoms with van der Waals surface area (Å²) in [6.45, 7) is 5.27. The summed E-state index contributed by atoms with van der Waals surface area (Å²) in [5.74, 6) is 0.415. The molecule has 4 nitrogen and oxygen atoms in total. The zero-order chi connectivity index (χ0) is 17.9. The molecule has 0 saturated carbocycles. The SMILES string of the molecule is CC1CN(Cc2ccccn2)CCC1NCc1cc(C(F)(F)F)sn1. The minimum Gasteiger partial charge on any atom is -0.308 e. The predicted octanol–water partition coefficient (Wildman–Crippen LogP) is 3.56. The second kappa shape index (κ2) is 7.80. The lowest BCUT2D eigenvalue weighted by molar-refractivity contribution is -0.134. The molecule has 0 aromatic carbocycles. The Balaban J connectivity index is 1.48. The summed E-state index contributed by atoms with van der Waals surface area (Å²) in [4.78, 5) is 6.09. The molecule has 25 heavy (non-hydrogen) atoms. The van der Waals surface area contributed by atoms with Gasteiger partial charge in [-0.3, -0.25) is 9.88 Å². The van der Waals surface area contributed by atoms with E-state index in [1.807, 2.05) is 18.2 Å². The van der Waals surface area contributed by atoms with E-state index in [0.717, 1.165) is 37.8 Å². The molecule has 2 aromatic rings. The van der Waals surface area contributed by atoms with E-state index in [1.54, 1.807) is 6.20 Å². The monoisotopic (exact) mass is 370 g/mol. The Bertz CT molecular complexity index is 674. The Morgan fingerprint density at radius 3 is 2.80 bits per heavy atom. The van der Waals surface area contributed by atoms with E-state index >= 15 is 0 Å². The average Bonchev–Trinajstić information content (AvgIpc) is 3.04. The van der Waals surface area contributed by atoms with Gasteiger partial charge in [0.1, 0.15) is 4.88 Å². The first-order valence-electron chi connectivity index (χ1n) is 8.30. The fourth-order valence-electron chi connectivity index (χ4n) is 3.16. The first kappa shape index (κ1) is 18.3. The quantitative estimate of drug-likeness (QED) is 0.874. The van der Waals surface area contributed by atoms with Gasteiger partial charge >= 0.3 is 6.18 Å². The summed E-state index contributed by atoms with van der Waals surface area (Å²) in [5.41, 5.74) is 1.52. The van der Waals surface area contributed by atoms with Crippen molar-refractivity contribution in [3.63, 3.8) is 0 Å². The van der Waals surface area contributed by atoms with Crippen molar-refractivity contribution in [3.8, 4) is 0 Å². The molecule has 2 atom stereocenters. The van der Waals surface area contributed by atoms with Gasteiger partial charge in [-0.25, -0.2) is 0 Å². The second-order valence-electron chi connectivity index (χ2n) is 6.49. The van der Waals surface area contributed by atoms with Crippen LogP contribution in [0.1, 0.15) is 29.6 Å². The van der Waals surface area contributed by atoms with Crippen molar-refractivity contribution in [2.24, 2.45) is 5.92 Å². The van der Waals surface area contributed by atoms with E-state index in [1.165, 1.54) is 0 Å². The smallest absolute Gasteiger partial charge is 0.308 e. The van der Waals surface area contributed by atoms with Crippen LogP contribution in [0.25, 0.3) is 0 Å². The molecular formula is C17H21F3N4S. The van der Waals surface area contributed by atoms with Gasteiger partial charge in [0.15, 0.2) is 0 Å². The van der Waals surface area contributed by atoms with Crippen LogP contribution in [0.3, 0.4) is 0 Å². The van der Waals surface area contributed by atoms with Crippen LogP contribution >= 0.6 is 11.5 Å². The Hall–Kier alpha value is -1.51. The zero-order valence-electron chi connectivity index (χ0n) is 14.0. The highest BCUT2D eigenvalue weighted by atomic mass is 32.1. The van der Waals surface area contributed by atoms with Crippen LogP contribution in [0.4, 0.5) is 13.2 Å². The minimum absolute atomic E-state index is 0.288. The van der Waals surface area contributed by atoms with Gasteiger partial charge in [-0.1, -0.05) is 13.0 Å². The molecule has 0 bridgehead atoms. The summed E-state index contributed by atoms with van der Waals surface area (Å²) in [6.07, 6.45) is -1.54. The zero-order valence-corrected chi connectivity index (χ0v) is 14.8. The molecule has 0 amide bonds. The maximum Gasteiger partial charge on any atom is 0.427 e. The number of likely N-dealkylation sites (tertiary alicyclic amines) is 1. The van der Waals surface area contributed by atoms with Crippen LogP contribution in [0.15, 0.2) is 30.5 Å². The van der Waals surface area contributed by atoms with E-state index < -0.39 is 11.1 Å². The van der Waals surface area contributed by atoms with E-state index in [4.69, 9.17) is 0 Å². The highest BCUT2D eigenvalue weighted by molar-refractivity contribution is 7.05.